The highest BCUT2D eigenvalue weighted by molar-refractivity contribution is 7.15. The van der Waals surface area contributed by atoms with Gasteiger partial charge >= 0.3 is 11.8 Å². The fourth-order valence-corrected chi connectivity index (χ4v) is 4.32. The molecule has 0 radical (unpaired) electrons. The van der Waals surface area contributed by atoms with E-state index in [0.717, 1.165) is 30.6 Å². The minimum Gasteiger partial charge on any atom is -0.358 e. The Kier molecular flexibility index (Phi) is 5.34. The van der Waals surface area contributed by atoms with Gasteiger partial charge in [0.05, 0.1) is 0 Å². The number of amides is 2. The summed E-state index contributed by atoms with van der Waals surface area (Å²) in [4.78, 5) is 30.4. The van der Waals surface area contributed by atoms with Gasteiger partial charge in [-0.1, -0.05) is 29.0 Å². The van der Waals surface area contributed by atoms with Crippen molar-refractivity contribution in [3.63, 3.8) is 0 Å². The Labute approximate surface area is 171 Å². The minimum absolute atomic E-state index is 0.00646. The van der Waals surface area contributed by atoms with Gasteiger partial charge in [0.25, 0.3) is 4.96 Å². The first-order valence-corrected chi connectivity index (χ1v) is 10.4. The molecule has 1 saturated heterocycles. The van der Waals surface area contributed by atoms with Crippen LogP contribution in [-0.2, 0) is 0 Å². The van der Waals surface area contributed by atoms with Crippen molar-refractivity contribution in [1.29, 1.82) is 0 Å². The number of aryl methyl sites for hydroxylation is 1. The molecule has 0 aliphatic carbocycles. The van der Waals surface area contributed by atoms with Gasteiger partial charge in [0.1, 0.15) is 6.20 Å². The molecule has 0 saturated carbocycles. The molecule has 2 aromatic heterocycles. The van der Waals surface area contributed by atoms with Gasteiger partial charge in [-0.15, -0.1) is 0 Å². The van der Waals surface area contributed by atoms with Crippen LogP contribution in [0.1, 0.15) is 18.4 Å². The summed E-state index contributed by atoms with van der Waals surface area (Å²) in [7, 11) is 0. The lowest BCUT2D eigenvalue weighted by Crippen LogP contribution is -2.42. The first-order chi connectivity index (χ1) is 14.0. The maximum Gasteiger partial charge on any atom is 0.373 e. The first-order valence-electron chi connectivity index (χ1n) is 9.47. The van der Waals surface area contributed by atoms with E-state index in [2.05, 4.69) is 15.6 Å². The minimum atomic E-state index is -0.376. The van der Waals surface area contributed by atoms with E-state index in [-0.39, 0.29) is 22.7 Å². The van der Waals surface area contributed by atoms with E-state index in [1.165, 1.54) is 15.7 Å². The van der Waals surface area contributed by atoms with Crippen molar-refractivity contribution in [3.05, 3.63) is 51.5 Å². The molecule has 2 amide bonds. The molecule has 3 aromatic rings. The molecule has 1 atom stereocenters. The molecule has 152 valence electrons. The van der Waals surface area contributed by atoms with E-state index in [0.29, 0.717) is 23.9 Å². The highest BCUT2D eigenvalue weighted by Gasteiger charge is 2.31. The monoisotopic (exact) mass is 414 g/mol. The zero-order valence-electron chi connectivity index (χ0n) is 16.0. The molecule has 10 heteroatoms. The zero-order valence-corrected chi connectivity index (χ0v) is 16.8. The van der Waals surface area contributed by atoms with Gasteiger partial charge < -0.3 is 25.6 Å². The number of nitrogens with one attached hydrogen (secondary N) is 2. The molecule has 1 aromatic carbocycles. The summed E-state index contributed by atoms with van der Waals surface area (Å²) in [6.45, 7) is 3.84. The lowest BCUT2D eigenvalue weighted by Gasteiger charge is -2.32. The number of rotatable bonds is 5. The van der Waals surface area contributed by atoms with E-state index in [1.54, 1.807) is 11.6 Å². The number of thiazole rings is 1. The standard InChI is InChI=1S/C19H22N6O3S/c1-13-4-6-15(7-5-13)21-18(26)20-11-14-3-2-8-23(12-14)16-17(25(27)28)24-9-10-29-19(24)22-16/h4-7,9-10,14H,2-3,8,11-12H2,1H3,(H2,20,21,26)/t14-/m1/s1. The third-order valence-corrected chi connectivity index (χ3v) is 5.83. The summed E-state index contributed by atoms with van der Waals surface area (Å²) in [6.07, 6.45) is 3.53. The molecule has 0 spiro atoms. The SMILES string of the molecule is Cc1ccc(NC(=O)NC[C@H]2CCCN(c3nc4sccn4c3[N+](=O)[O-])C2)cc1. The van der Waals surface area contributed by atoms with Crippen molar-refractivity contribution in [2.45, 2.75) is 19.8 Å². The number of benzene rings is 1. The largest absolute Gasteiger partial charge is 0.373 e. The summed E-state index contributed by atoms with van der Waals surface area (Å²) >= 11 is 1.38. The Balaban J connectivity index is 1.38. The molecule has 1 aliphatic heterocycles. The zero-order chi connectivity index (χ0) is 20.4. The number of anilines is 2. The molecule has 3 heterocycles. The highest BCUT2D eigenvalue weighted by Crippen LogP contribution is 2.33. The highest BCUT2D eigenvalue weighted by atomic mass is 32.1. The fraction of sp³-hybridized carbons (Fsp3) is 0.368. The van der Waals surface area contributed by atoms with Gasteiger partial charge in [0.15, 0.2) is 0 Å². The molecule has 1 fully saturated rings. The topological polar surface area (TPSA) is 105 Å². The van der Waals surface area contributed by atoms with Crippen LogP contribution in [0.4, 0.5) is 22.1 Å². The smallest absolute Gasteiger partial charge is 0.358 e. The third kappa shape index (κ3) is 4.16. The van der Waals surface area contributed by atoms with Gasteiger partial charge in [0.2, 0.25) is 5.82 Å². The second-order valence-electron chi connectivity index (χ2n) is 7.23. The van der Waals surface area contributed by atoms with Crippen LogP contribution in [0.15, 0.2) is 35.8 Å². The van der Waals surface area contributed by atoms with Crippen LogP contribution < -0.4 is 15.5 Å². The van der Waals surface area contributed by atoms with E-state index in [4.69, 9.17) is 0 Å². The molecule has 29 heavy (non-hydrogen) atoms. The molecule has 4 rings (SSSR count). The van der Waals surface area contributed by atoms with E-state index in [9.17, 15) is 14.9 Å². The summed E-state index contributed by atoms with van der Waals surface area (Å²) < 4.78 is 1.52. The third-order valence-electron chi connectivity index (χ3n) is 5.07. The van der Waals surface area contributed by atoms with Gasteiger partial charge in [0, 0.05) is 30.7 Å². The fourth-order valence-electron chi connectivity index (χ4n) is 3.62. The van der Waals surface area contributed by atoms with Gasteiger partial charge in [-0.25, -0.2) is 4.79 Å². The molecular weight excluding hydrogens is 392 g/mol. The van der Waals surface area contributed by atoms with Crippen LogP contribution >= 0.6 is 11.3 Å². The van der Waals surface area contributed by atoms with Crippen molar-refractivity contribution in [2.75, 3.05) is 29.9 Å². The lowest BCUT2D eigenvalue weighted by atomic mass is 9.98. The van der Waals surface area contributed by atoms with Crippen LogP contribution in [0.25, 0.3) is 4.96 Å². The van der Waals surface area contributed by atoms with Crippen LogP contribution in [0.3, 0.4) is 0 Å². The number of imidazole rings is 1. The molecule has 0 unspecified atom stereocenters. The van der Waals surface area contributed by atoms with Crippen molar-refractivity contribution in [3.8, 4) is 0 Å². The van der Waals surface area contributed by atoms with Gasteiger partial charge in [-0.2, -0.15) is 9.38 Å². The average Bonchev–Trinajstić information content (AvgIpc) is 3.29. The Bertz CT molecular complexity index is 1030. The predicted molar refractivity (Wildman–Crippen MR) is 113 cm³/mol. The van der Waals surface area contributed by atoms with E-state index in [1.807, 2.05) is 36.1 Å². The molecule has 0 bridgehead atoms. The number of piperidine rings is 1. The van der Waals surface area contributed by atoms with E-state index < -0.39 is 0 Å². The summed E-state index contributed by atoms with van der Waals surface area (Å²) in [5.41, 5.74) is 1.87. The maximum absolute atomic E-state index is 12.2. The molecule has 1 aliphatic rings. The van der Waals surface area contributed by atoms with Gasteiger partial charge in [-0.3, -0.25) is 0 Å². The van der Waals surface area contributed by atoms with Crippen LogP contribution in [0, 0.1) is 23.0 Å². The normalized spacial score (nSPS) is 16.7. The second kappa shape index (κ2) is 8.08. The Hall–Kier alpha value is -3.14. The van der Waals surface area contributed by atoms with Crippen LogP contribution in [-0.4, -0.2) is 40.0 Å². The number of carbonyl (C=O) groups excluding carboxylic acids is 1. The van der Waals surface area contributed by atoms with Crippen LogP contribution in [0.2, 0.25) is 0 Å². The summed E-state index contributed by atoms with van der Waals surface area (Å²) in [5.74, 6) is 0.620. The quantitative estimate of drug-likeness (QED) is 0.490. The average molecular weight is 414 g/mol. The number of aromatic nitrogens is 2. The lowest BCUT2D eigenvalue weighted by molar-refractivity contribution is -0.389. The van der Waals surface area contributed by atoms with Crippen molar-refractivity contribution in [2.24, 2.45) is 5.92 Å². The molecule has 2 N–H and O–H groups in total. The summed E-state index contributed by atoms with van der Waals surface area (Å²) in [6, 6.07) is 7.36. The number of hydrogen-bond acceptors (Lipinski definition) is 6. The number of urea groups is 1. The van der Waals surface area contributed by atoms with Gasteiger partial charge in [-0.05, 0) is 42.7 Å². The Morgan fingerprint density at radius 3 is 2.93 bits per heavy atom. The van der Waals surface area contributed by atoms with Crippen molar-refractivity contribution < 1.29 is 9.72 Å². The summed E-state index contributed by atoms with van der Waals surface area (Å²) in [5, 5.41) is 19.1. The number of nitrogens with zero attached hydrogens (tertiary/aromatic N) is 4. The molecule has 9 nitrogen and oxygen atoms in total. The first kappa shape index (κ1) is 19.2. The van der Waals surface area contributed by atoms with Crippen LogP contribution in [0.5, 0.6) is 0 Å². The van der Waals surface area contributed by atoms with E-state index >= 15 is 0 Å². The van der Waals surface area contributed by atoms with Crippen molar-refractivity contribution in [1.82, 2.24) is 14.7 Å². The number of nitro groups is 1. The number of hydrogen-bond donors (Lipinski definition) is 2. The number of carbonyl (C=O) groups is 1. The number of fused-ring (bicyclic) bond motifs is 1. The molecular formula is C19H22N6O3S. The second-order valence-corrected chi connectivity index (χ2v) is 8.10. The predicted octanol–water partition coefficient (Wildman–Crippen LogP) is 3.65. The van der Waals surface area contributed by atoms with Crippen molar-refractivity contribution >= 4 is 39.7 Å². The Morgan fingerprint density at radius 1 is 1.38 bits per heavy atom. The Morgan fingerprint density at radius 2 is 2.17 bits per heavy atom. The maximum atomic E-state index is 12.2.